The molecule has 4 rings (SSSR count). The molecule has 2 saturated carbocycles. The number of amides is 2. The number of hydrogen-bond acceptors (Lipinski definition) is 7. The molecule has 2 aliphatic heterocycles. The summed E-state index contributed by atoms with van der Waals surface area (Å²) in [6.45, 7) is 1.82. The summed E-state index contributed by atoms with van der Waals surface area (Å²) in [5.74, 6) is 0. The maximum absolute atomic E-state index is 13.5. The second-order valence-corrected chi connectivity index (χ2v) is 13.3. The van der Waals surface area contributed by atoms with E-state index in [9.17, 15) is 26.4 Å². The number of carbonyl (C=O) groups is 1. The van der Waals surface area contributed by atoms with Crippen LogP contribution in [-0.4, -0.2) is 103 Å². The van der Waals surface area contributed by atoms with Gasteiger partial charge in [0.25, 0.3) is 6.43 Å². The van der Waals surface area contributed by atoms with Crippen LogP contribution in [0.2, 0.25) is 0 Å². The molecule has 3 N–H and O–H groups in total. The van der Waals surface area contributed by atoms with Crippen LogP contribution in [0.5, 0.6) is 0 Å². The van der Waals surface area contributed by atoms with Crippen LogP contribution in [0.25, 0.3) is 0 Å². The van der Waals surface area contributed by atoms with Gasteiger partial charge in [0.1, 0.15) is 17.5 Å². The minimum Gasteiger partial charge on any atom is -0.319 e. The monoisotopic (exact) mass is 528 g/mol. The van der Waals surface area contributed by atoms with Crippen molar-refractivity contribution >= 4 is 27.8 Å². The van der Waals surface area contributed by atoms with Gasteiger partial charge in [-0.05, 0) is 59.5 Å². The fourth-order valence-corrected chi connectivity index (χ4v) is 7.98. The van der Waals surface area contributed by atoms with Gasteiger partial charge < -0.3 is 9.80 Å². The molecule has 2 heterocycles. The summed E-state index contributed by atoms with van der Waals surface area (Å²) in [5.41, 5.74) is 3.62. The Morgan fingerprint density at radius 2 is 1.94 bits per heavy atom. The number of hydrazine groups is 1. The molecule has 9 nitrogen and oxygen atoms in total. The number of sulfonamides is 1. The zero-order valence-corrected chi connectivity index (χ0v) is 21.3. The maximum atomic E-state index is 13.5. The van der Waals surface area contributed by atoms with Gasteiger partial charge in [-0.2, -0.15) is 0 Å². The topological polar surface area (TPSA) is 97.0 Å². The molecule has 0 radical (unpaired) electrons. The summed E-state index contributed by atoms with van der Waals surface area (Å²) in [6.07, 6.45) is 0.115. The van der Waals surface area contributed by atoms with Gasteiger partial charge in [0.05, 0.1) is 22.9 Å². The minimum atomic E-state index is -3.79. The molecule has 2 aliphatic carbocycles. The standard InChI is InChI=1S/C20H35F3N6O3S2/c1-12(27(2)3)6-9-28-14-5-4-13(34(31,32)26-20(11-21)7-8-20)10-15(14)29(19(28)30)18-25-24-17(33-18)16(22)23/h12-18,24-26H,4-11H2,1-3H3. The highest BCUT2D eigenvalue weighted by atomic mass is 32.2. The summed E-state index contributed by atoms with van der Waals surface area (Å²) >= 11 is 0.923. The molecule has 0 bridgehead atoms. The molecule has 4 aliphatic rings. The smallest absolute Gasteiger partial charge is 0.319 e. The SMILES string of the molecule is CC(CCN1C(=O)N(C2NNC(C(F)F)S2)C2CC(S(=O)(=O)NC3(CF)CC3)CCC21)N(C)C. The van der Waals surface area contributed by atoms with Crippen molar-refractivity contribution in [3.05, 3.63) is 0 Å². The van der Waals surface area contributed by atoms with E-state index in [1.54, 1.807) is 4.90 Å². The first-order chi connectivity index (χ1) is 16.0. The predicted octanol–water partition coefficient (Wildman–Crippen LogP) is 1.49. The van der Waals surface area contributed by atoms with Crippen molar-refractivity contribution in [2.75, 3.05) is 27.3 Å². The van der Waals surface area contributed by atoms with Crippen LogP contribution in [0, 0.1) is 0 Å². The average molecular weight is 529 g/mol. The van der Waals surface area contributed by atoms with E-state index in [0.29, 0.717) is 32.2 Å². The molecule has 6 unspecified atom stereocenters. The Kier molecular flexibility index (Phi) is 7.67. The Labute approximate surface area is 203 Å². The number of alkyl halides is 3. The zero-order valence-electron chi connectivity index (χ0n) is 19.7. The number of thioether (sulfide) groups is 1. The van der Waals surface area contributed by atoms with E-state index in [0.717, 1.165) is 18.2 Å². The van der Waals surface area contributed by atoms with Crippen molar-refractivity contribution in [2.45, 2.75) is 91.7 Å². The zero-order chi connectivity index (χ0) is 24.8. The lowest BCUT2D eigenvalue weighted by molar-refractivity contribution is 0.127. The summed E-state index contributed by atoms with van der Waals surface area (Å²) in [4.78, 5) is 18.9. The van der Waals surface area contributed by atoms with E-state index >= 15 is 0 Å². The summed E-state index contributed by atoms with van der Waals surface area (Å²) in [6, 6.07) is -0.671. The van der Waals surface area contributed by atoms with Crippen molar-refractivity contribution in [1.82, 2.24) is 30.3 Å². The number of halogens is 3. The van der Waals surface area contributed by atoms with Gasteiger partial charge >= 0.3 is 6.03 Å². The van der Waals surface area contributed by atoms with E-state index in [4.69, 9.17) is 0 Å². The predicted molar refractivity (Wildman–Crippen MR) is 124 cm³/mol. The number of hydrogen-bond donors (Lipinski definition) is 3. The summed E-state index contributed by atoms with van der Waals surface area (Å²) in [5, 5.41) is -1.93. The van der Waals surface area contributed by atoms with Crippen LogP contribution < -0.4 is 15.6 Å². The number of fused-ring (bicyclic) bond motifs is 1. The van der Waals surface area contributed by atoms with Crippen molar-refractivity contribution in [3.8, 4) is 0 Å². The van der Waals surface area contributed by atoms with Gasteiger partial charge in [0, 0.05) is 12.6 Å². The lowest BCUT2D eigenvalue weighted by Crippen LogP contribution is -2.54. The maximum Gasteiger partial charge on any atom is 0.322 e. The molecule has 4 fully saturated rings. The Balaban J connectivity index is 1.53. The quantitative estimate of drug-likeness (QED) is 0.395. The second-order valence-electron chi connectivity index (χ2n) is 10.1. The van der Waals surface area contributed by atoms with Gasteiger partial charge in [-0.25, -0.2) is 42.0 Å². The molecular formula is C20H35F3N6O3S2. The molecule has 2 saturated heterocycles. The van der Waals surface area contributed by atoms with Crippen LogP contribution in [0.1, 0.15) is 45.4 Å². The van der Waals surface area contributed by atoms with Crippen LogP contribution >= 0.6 is 11.8 Å². The third kappa shape index (κ3) is 5.17. The number of carbonyl (C=O) groups excluding carboxylic acids is 1. The fourth-order valence-electron chi connectivity index (χ4n) is 5.01. The Hall–Kier alpha value is -0.800. The molecule has 0 aromatic rings. The van der Waals surface area contributed by atoms with Gasteiger partial charge in [0.15, 0.2) is 0 Å². The third-order valence-electron chi connectivity index (χ3n) is 7.64. The van der Waals surface area contributed by atoms with Gasteiger partial charge in [-0.15, -0.1) is 0 Å². The first-order valence-corrected chi connectivity index (χ1v) is 14.3. The normalized spacial score (nSPS) is 34.2. The number of urea groups is 1. The summed E-state index contributed by atoms with van der Waals surface area (Å²) in [7, 11) is 0.144. The third-order valence-corrected chi connectivity index (χ3v) is 10.9. The van der Waals surface area contributed by atoms with Crippen molar-refractivity contribution in [3.63, 3.8) is 0 Å². The van der Waals surface area contributed by atoms with Crippen LogP contribution in [-0.2, 0) is 10.0 Å². The van der Waals surface area contributed by atoms with E-state index in [1.165, 1.54) is 4.90 Å². The lowest BCUT2D eigenvalue weighted by atomic mass is 9.89. The average Bonchev–Trinajstić information content (AvgIpc) is 3.25. The molecule has 6 atom stereocenters. The largest absolute Gasteiger partial charge is 0.322 e. The second kappa shape index (κ2) is 9.92. The highest BCUT2D eigenvalue weighted by Gasteiger charge is 2.55. The first kappa shape index (κ1) is 26.3. The van der Waals surface area contributed by atoms with E-state index in [1.807, 2.05) is 14.1 Å². The summed E-state index contributed by atoms with van der Waals surface area (Å²) < 4.78 is 68.6. The molecule has 2 amide bonds. The molecule has 196 valence electrons. The fraction of sp³-hybridized carbons (Fsp3) is 0.950. The van der Waals surface area contributed by atoms with Crippen LogP contribution in [0.4, 0.5) is 18.0 Å². The van der Waals surface area contributed by atoms with E-state index < -0.39 is 50.8 Å². The highest BCUT2D eigenvalue weighted by Crippen LogP contribution is 2.42. The molecular weight excluding hydrogens is 493 g/mol. The van der Waals surface area contributed by atoms with Crippen LogP contribution in [0.3, 0.4) is 0 Å². The Morgan fingerprint density at radius 3 is 2.50 bits per heavy atom. The Bertz CT molecular complexity index is 862. The molecule has 14 heteroatoms. The number of nitrogens with zero attached hydrogens (tertiary/aromatic N) is 3. The van der Waals surface area contributed by atoms with Crippen LogP contribution in [0.15, 0.2) is 0 Å². The van der Waals surface area contributed by atoms with Gasteiger partial charge in [-0.3, -0.25) is 4.90 Å². The molecule has 0 aromatic carbocycles. The molecule has 34 heavy (non-hydrogen) atoms. The van der Waals surface area contributed by atoms with Crippen molar-refractivity contribution in [2.24, 2.45) is 0 Å². The van der Waals surface area contributed by atoms with E-state index in [2.05, 4.69) is 27.4 Å². The van der Waals surface area contributed by atoms with E-state index in [-0.39, 0.29) is 24.5 Å². The molecule has 0 spiro atoms. The van der Waals surface area contributed by atoms with Gasteiger partial charge in [0.2, 0.25) is 10.0 Å². The number of nitrogens with one attached hydrogen (secondary N) is 3. The van der Waals surface area contributed by atoms with Crippen molar-refractivity contribution in [1.29, 1.82) is 0 Å². The first-order valence-electron chi connectivity index (χ1n) is 11.8. The molecule has 0 aromatic heterocycles. The lowest BCUT2D eigenvalue weighted by Gasteiger charge is -2.37. The highest BCUT2D eigenvalue weighted by molar-refractivity contribution is 8.00. The van der Waals surface area contributed by atoms with Crippen molar-refractivity contribution < 1.29 is 26.4 Å². The number of rotatable bonds is 10. The minimum absolute atomic E-state index is 0.186. The van der Waals surface area contributed by atoms with Gasteiger partial charge in [-0.1, -0.05) is 11.8 Å². The Morgan fingerprint density at radius 1 is 1.24 bits per heavy atom.